The normalized spacial score (nSPS) is 16.2. The molecule has 106 valence electrons. The lowest BCUT2D eigenvalue weighted by Gasteiger charge is -2.21. The SMILES string of the molecule is COc1ccc(-c2noc(C[NH+]3CCOCC3)n2)cc1. The Kier molecular flexibility index (Phi) is 3.94. The number of hydrogen-bond acceptors (Lipinski definition) is 5. The zero-order valence-corrected chi connectivity index (χ0v) is 11.5. The summed E-state index contributed by atoms with van der Waals surface area (Å²) in [6, 6.07) is 7.63. The quantitative estimate of drug-likeness (QED) is 0.862. The second-order valence-corrected chi connectivity index (χ2v) is 4.78. The number of nitrogens with one attached hydrogen (secondary N) is 1. The Hall–Kier alpha value is -1.92. The largest absolute Gasteiger partial charge is 0.497 e. The number of nitrogens with zero attached hydrogens (tertiary/aromatic N) is 2. The van der Waals surface area contributed by atoms with Crippen molar-refractivity contribution in [3.05, 3.63) is 30.2 Å². The fourth-order valence-electron chi connectivity index (χ4n) is 2.23. The van der Waals surface area contributed by atoms with E-state index in [1.807, 2.05) is 24.3 Å². The number of morpholine rings is 1. The van der Waals surface area contributed by atoms with Crippen molar-refractivity contribution in [1.29, 1.82) is 0 Å². The maximum Gasteiger partial charge on any atom is 0.282 e. The van der Waals surface area contributed by atoms with Gasteiger partial charge in [0.25, 0.3) is 5.89 Å². The Morgan fingerprint density at radius 2 is 1.95 bits per heavy atom. The van der Waals surface area contributed by atoms with E-state index < -0.39 is 0 Å². The van der Waals surface area contributed by atoms with Gasteiger partial charge in [0.05, 0.1) is 20.3 Å². The monoisotopic (exact) mass is 276 g/mol. The molecule has 2 heterocycles. The van der Waals surface area contributed by atoms with E-state index in [0.717, 1.165) is 44.2 Å². The van der Waals surface area contributed by atoms with E-state index in [9.17, 15) is 0 Å². The molecule has 0 saturated carbocycles. The van der Waals surface area contributed by atoms with Gasteiger partial charge >= 0.3 is 0 Å². The first-order valence-electron chi connectivity index (χ1n) is 6.73. The van der Waals surface area contributed by atoms with Gasteiger partial charge in [-0.1, -0.05) is 5.16 Å². The Balaban J connectivity index is 1.68. The fraction of sp³-hybridized carbons (Fsp3) is 0.429. The maximum absolute atomic E-state index is 5.33. The van der Waals surface area contributed by atoms with E-state index in [1.54, 1.807) is 7.11 Å². The summed E-state index contributed by atoms with van der Waals surface area (Å²) in [6.45, 7) is 4.33. The van der Waals surface area contributed by atoms with Gasteiger partial charge in [0.2, 0.25) is 5.82 Å². The number of methoxy groups -OCH3 is 1. The summed E-state index contributed by atoms with van der Waals surface area (Å²) < 4.78 is 15.8. The van der Waals surface area contributed by atoms with Gasteiger partial charge in [0.1, 0.15) is 18.8 Å². The molecule has 2 aromatic rings. The lowest BCUT2D eigenvalue weighted by Crippen LogP contribution is -3.12. The van der Waals surface area contributed by atoms with Crippen LogP contribution in [-0.2, 0) is 11.3 Å². The second-order valence-electron chi connectivity index (χ2n) is 4.78. The van der Waals surface area contributed by atoms with Crippen LogP contribution in [0.25, 0.3) is 11.4 Å². The van der Waals surface area contributed by atoms with Crippen molar-refractivity contribution in [3.8, 4) is 17.1 Å². The molecule has 0 unspecified atom stereocenters. The lowest BCUT2D eigenvalue weighted by atomic mass is 10.2. The molecule has 1 N–H and O–H groups in total. The van der Waals surface area contributed by atoms with Gasteiger partial charge in [-0.3, -0.25) is 0 Å². The molecule has 1 saturated heterocycles. The molecule has 1 fully saturated rings. The predicted octanol–water partition coefficient (Wildman–Crippen LogP) is 0.160. The van der Waals surface area contributed by atoms with E-state index in [0.29, 0.717) is 11.7 Å². The number of hydrogen-bond donors (Lipinski definition) is 1. The zero-order valence-electron chi connectivity index (χ0n) is 11.5. The van der Waals surface area contributed by atoms with Crippen molar-refractivity contribution in [2.45, 2.75) is 6.54 Å². The van der Waals surface area contributed by atoms with Crippen molar-refractivity contribution in [2.24, 2.45) is 0 Å². The minimum atomic E-state index is 0.621. The van der Waals surface area contributed by atoms with E-state index in [4.69, 9.17) is 14.0 Å². The van der Waals surface area contributed by atoms with Crippen LogP contribution in [0.4, 0.5) is 0 Å². The molecule has 1 aliphatic rings. The molecule has 0 aliphatic carbocycles. The van der Waals surface area contributed by atoms with Crippen LogP contribution in [0.2, 0.25) is 0 Å². The average molecular weight is 276 g/mol. The highest BCUT2D eigenvalue weighted by molar-refractivity contribution is 5.55. The van der Waals surface area contributed by atoms with Crippen molar-refractivity contribution in [1.82, 2.24) is 10.1 Å². The first kappa shape index (κ1) is 13.1. The highest BCUT2D eigenvalue weighted by atomic mass is 16.5. The zero-order chi connectivity index (χ0) is 13.8. The Labute approximate surface area is 117 Å². The highest BCUT2D eigenvalue weighted by Gasteiger charge is 2.18. The Bertz CT molecular complexity index is 547. The maximum atomic E-state index is 5.33. The molecule has 1 aromatic heterocycles. The van der Waals surface area contributed by atoms with Crippen molar-refractivity contribution < 1.29 is 18.9 Å². The molecule has 1 aromatic carbocycles. The second kappa shape index (κ2) is 6.02. The van der Waals surface area contributed by atoms with Gasteiger partial charge in [-0.05, 0) is 24.3 Å². The van der Waals surface area contributed by atoms with Crippen LogP contribution in [0.15, 0.2) is 28.8 Å². The minimum Gasteiger partial charge on any atom is -0.497 e. The van der Waals surface area contributed by atoms with Crippen LogP contribution >= 0.6 is 0 Å². The lowest BCUT2D eigenvalue weighted by molar-refractivity contribution is -0.922. The van der Waals surface area contributed by atoms with Crippen LogP contribution in [0, 0.1) is 0 Å². The van der Waals surface area contributed by atoms with Gasteiger partial charge in [-0.15, -0.1) is 0 Å². The first-order valence-corrected chi connectivity index (χ1v) is 6.73. The van der Waals surface area contributed by atoms with Gasteiger partial charge in [-0.25, -0.2) is 0 Å². The third-order valence-electron chi connectivity index (χ3n) is 3.42. The summed E-state index contributed by atoms with van der Waals surface area (Å²) in [5, 5.41) is 4.04. The number of ether oxygens (including phenoxy) is 2. The van der Waals surface area contributed by atoms with Gasteiger partial charge in [-0.2, -0.15) is 4.98 Å². The summed E-state index contributed by atoms with van der Waals surface area (Å²) in [5.41, 5.74) is 0.928. The Morgan fingerprint density at radius 1 is 1.20 bits per heavy atom. The van der Waals surface area contributed by atoms with E-state index in [-0.39, 0.29) is 0 Å². The molecular weight excluding hydrogens is 258 g/mol. The topological polar surface area (TPSA) is 61.8 Å². The first-order chi connectivity index (χ1) is 9.85. The van der Waals surface area contributed by atoms with Gasteiger partial charge < -0.3 is 18.9 Å². The third-order valence-corrected chi connectivity index (χ3v) is 3.42. The summed E-state index contributed by atoms with van der Waals surface area (Å²) >= 11 is 0. The third kappa shape index (κ3) is 2.97. The van der Waals surface area contributed by atoms with Gasteiger partial charge in [0.15, 0.2) is 6.54 Å². The molecule has 20 heavy (non-hydrogen) atoms. The Morgan fingerprint density at radius 3 is 2.65 bits per heavy atom. The van der Waals surface area contributed by atoms with Crippen LogP contribution in [0.1, 0.15) is 5.89 Å². The standard InChI is InChI=1S/C14H17N3O3/c1-18-12-4-2-11(3-5-12)14-15-13(20-16-14)10-17-6-8-19-9-7-17/h2-5H,6-10H2,1H3/p+1. The molecule has 0 atom stereocenters. The minimum absolute atomic E-state index is 0.621. The van der Waals surface area contributed by atoms with Crippen LogP contribution in [0.5, 0.6) is 5.75 Å². The van der Waals surface area contributed by atoms with Crippen LogP contribution < -0.4 is 9.64 Å². The van der Waals surface area contributed by atoms with Gasteiger partial charge in [0, 0.05) is 5.56 Å². The van der Waals surface area contributed by atoms with Crippen LogP contribution in [0.3, 0.4) is 0 Å². The summed E-state index contributed by atoms with van der Waals surface area (Å²) in [6.07, 6.45) is 0. The van der Waals surface area contributed by atoms with Crippen molar-refractivity contribution >= 4 is 0 Å². The molecule has 6 nitrogen and oxygen atoms in total. The molecule has 0 amide bonds. The van der Waals surface area contributed by atoms with E-state index >= 15 is 0 Å². The highest BCUT2D eigenvalue weighted by Crippen LogP contribution is 2.19. The predicted molar refractivity (Wildman–Crippen MR) is 71.5 cm³/mol. The molecule has 0 bridgehead atoms. The molecule has 0 spiro atoms. The fourth-order valence-corrected chi connectivity index (χ4v) is 2.23. The van der Waals surface area contributed by atoms with E-state index in [1.165, 1.54) is 4.90 Å². The number of benzene rings is 1. The summed E-state index contributed by atoms with van der Waals surface area (Å²) in [7, 11) is 1.65. The molecule has 6 heteroatoms. The number of rotatable bonds is 4. The van der Waals surface area contributed by atoms with Crippen molar-refractivity contribution in [2.75, 3.05) is 33.4 Å². The molecule has 0 radical (unpaired) electrons. The molecular formula is C14H18N3O3+. The summed E-state index contributed by atoms with van der Waals surface area (Å²) in [5.74, 6) is 2.11. The molecule has 3 rings (SSSR count). The summed E-state index contributed by atoms with van der Waals surface area (Å²) in [4.78, 5) is 5.87. The number of aromatic nitrogens is 2. The smallest absolute Gasteiger partial charge is 0.282 e. The van der Waals surface area contributed by atoms with Crippen LogP contribution in [-0.4, -0.2) is 43.6 Å². The van der Waals surface area contributed by atoms with E-state index in [2.05, 4.69) is 10.1 Å². The average Bonchev–Trinajstić information content (AvgIpc) is 2.97. The molecule has 1 aliphatic heterocycles. The van der Waals surface area contributed by atoms with Crippen molar-refractivity contribution in [3.63, 3.8) is 0 Å². The number of quaternary nitrogens is 1.